The summed E-state index contributed by atoms with van der Waals surface area (Å²) in [7, 11) is -3.82. The average molecular weight is 426 g/mol. The highest BCUT2D eigenvalue weighted by molar-refractivity contribution is 7.90. The van der Waals surface area contributed by atoms with Crippen LogP contribution in [0, 0.1) is 0 Å². The van der Waals surface area contributed by atoms with Crippen LogP contribution < -0.4 is 10.2 Å². The molecular formula is C23H27N3O3S. The number of sulfonamides is 1. The van der Waals surface area contributed by atoms with E-state index < -0.39 is 10.0 Å². The van der Waals surface area contributed by atoms with Gasteiger partial charge in [0, 0.05) is 24.2 Å². The van der Waals surface area contributed by atoms with E-state index >= 15 is 0 Å². The van der Waals surface area contributed by atoms with Crippen LogP contribution in [-0.4, -0.2) is 26.7 Å². The van der Waals surface area contributed by atoms with Gasteiger partial charge in [-0.2, -0.15) is 8.42 Å². The minimum atomic E-state index is -3.82. The van der Waals surface area contributed by atoms with E-state index in [9.17, 15) is 13.2 Å². The number of hydrogen-bond acceptors (Lipinski definition) is 4. The van der Waals surface area contributed by atoms with E-state index in [1.165, 1.54) is 6.07 Å². The lowest BCUT2D eigenvalue weighted by Crippen LogP contribution is -2.35. The molecule has 0 spiro atoms. The molecule has 2 aromatic carbocycles. The van der Waals surface area contributed by atoms with Crippen LogP contribution in [0.4, 0.5) is 11.4 Å². The second-order valence-electron chi connectivity index (χ2n) is 7.98. The summed E-state index contributed by atoms with van der Waals surface area (Å²) in [6, 6.07) is 12.6. The normalized spacial score (nSPS) is 18.5. The number of anilines is 2. The van der Waals surface area contributed by atoms with Gasteiger partial charge in [0.2, 0.25) is 0 Å². The number of amidine groups is 1. The molecule has 4 rings (SSSR count). The molecule has 0 saturated carbocycles. The number of carbonyl (C=O) groups excluding carboxylic acids is 1. The summed E-state index contributed by atoms with van der Waals surface area (Å²) in [4.78, 5) is 15.1. The number of rotatable bonds is 4. The van der Waals surface area contributed by atoms with Gasteiger partial charge >= 0.3 is 0 Å². The fourth-order valence-corrected chi connectivity index (χ4v) is 5.36. The molecule has 1 N–H and O–H groups in total. The lowest BCUT2D eigenvalue weighted by molar-refractivity contribution is 0.102. The Morgan fingerprint density at radius 3 is 2.77 bits per heavy atom. The molecule has 6 nitrogen and oxygen atoms in total. The van der Waals surface area contributed by atoms with Crippen LogP contribution in [0.1, 0.15) is 67.8 Å². The van der Waals surface area contributed by atoms with E-state index in [-0.39, 0.29) is 10.8 Å². The number of benzene rings is 2. The van der Waals surface area contributed by atoms with Crippen molar-refractivity contribution < 1.29 is 13.2 Å². The second kappa shape index (κ2) is 8.22. The Hall–Kier alpha value is -2.67. The quantitative estimate of drug-likeness (QED) is 0.753. The minimum absolute atomic E-state index is 0.107. The number of nitrogens with zero attached hydrogens (tertiary/aromatic N) is 2. The third-order valence-corrected chi connectivity index (χ3v) is 7.30. The smallest absolute Gasteiger partial charge is 0.286 e. The number of para-hydroxylation sites is 1. The Kier molecular flexibility index (Phi) is 5.64. The van der Waals surface area contributed by atoms with Crippen LogP contribution in [0.2, 0.25) is 0 Å². The summed E-state index contributed by atoms with van der Waals surface area (Å²) in [6.07, 6.45) is 4.61. The summed E-state index contributed by atoms with van der Waals surface area (Å²) in [5.41, 5.74) is 2.76. The molecule has 0 unspecified atom stereocenters. The Morgan fingerprint density at radius 2 is 1.97 bits per heavy atom. The van der Waals surface area contributed by atoms with Crippen molar-refractivity contribution in [3.05, 3.63) is 53.6 Å². The maximum atomic E-state index is 13.0. The van der Waals surface area contributed by atoms with Crippen LogP contribution >= 0.6 is 0 Å². The number of nitrogens with one attached hydrogen (secondary N) is 1. The summed E-state index contributed by atoms with van der Waals surface area (Å²) < 4.78 is 29.7. The molecule has 2 heterocycles. The highest BCUT2D eigenvalue weighted by Crippen LogP contribution is 2.35. The Balaban J connectivity index is 1.67. The standard InChI is InChI=1S/C23H27N3O3S/c1-3-16(2)18-9-6-7-10-19(18)24-23(27)17-12-13-20-21(15-17)30(28,29)25-22-11-5-4-8-14-26(20)22/h6-7,9-10,12-13,15-16H,3-5,8,11,14H2,1-2H3,(H,24,27)/t16-/m1/s1. The van der Waals surface area contributed by atoms with Gasteiger partial charge in [-0.05, 0) is 55.0 Å². The van der Waals surface area contributed by atoms with Crippen molar-refractivity contribution >= 4 is 33.1 Å². The van der Waals surface area contributed by atoms with Crippen LogP contribution in [0.5, 0.6) is 0 Å². The lowest BCUT2D eigenvalue weighted by Gasteiger charge is -2.29. The largest absolute Gasteiger partial charge is 0.328 e. The molecule has 0 radical (unpaired) electrons. The molecular weight excluding hydrogens is 398 g/mol. The lowest BCUT2D eigenvalue weighted by atomic mass is 9.97. The molecule has 1 saturated heterocycles. The molecule has 2 aliphatic heterocycles. The van der Waals surface area contributed by atoms with Gasteiger partial charge in [0.15, 0.2) is 0 Å². The van der Waals surface area contributed by atoms with E-state index in [4.69, 9.17) is 0 Å². The molecule has 0 bridgehead atoms. The van der Waals surface area contributed by atoms with Crippen molar-refractivity contribution in [2.24, 2.45) is 4.40 Å². The zero-order valence-electron chi connectivity index (χ0n) is 17.4. The van der Waals surface area contributed by atoms with Gasteiger partial charge in [-0.1, -0.05) is 38.5 Å². The van der Waals surface area contributed by atoms with Gasteiger partial charge in [0.05, 0.1) is 5.69 Å². The number of hydrogen-bond donors (Lipinski definition) is 1. The number of carbonyl (C=O) groups is 1. The highest BCUT2D eigenvalue weighted by atomic mass is 32.2. The van der Waals surface area contributed by atoms with Crippen LogP contribution in [0.25, 0.3) is 0 Å². The molecule has 1 amide bonds. The predicted octanol–water partition coefficient (Wildman–Crippen LogP) is 4.93. The maximum Gasteiger partial charge on any atom is 0.286 e. The van der Waals surface area contributed by atoms with Crippen LogP contribution in [-0.2, 0) is 10.0 Å². The molecule has 158 valence electrons. The summed E-state index contributed by atoms with van der Waals surface area (Å²) >= 11 is 0. The van der Waals surface area contributed by atoms with Crippen molar-refractivity contribution in [1.29, 1.82) is 0 Å². The van der Waals surface area contributed by atoms with Crippen molar-refractivity contribution in [3.63, 3.8) is 0 Å². The van der Waals surface area contributed by atoms with Gasteiger partial charge < -0.3 is 10.2 Å². The van der Waals surface area contributed by atoms with E-state index in [1.807, 2.05) is 29.2 Å². The fraction of sp³-hybridized carbons (Fsp3) is 0.391. The first-order chi connectivity index (χ1) is 14.4. The average Bonchev–Trinajstić information content (AvgIpc) is 2.98. The second-order valence-corrected chi connectivity index (χ2v) is 9.55. The molecule has 0 aliphatic carbocycles. The fourth-order valence-electron chi connectivity index (χ4n) is 4.08. The van der Waals surface area contributed by atoms with Gasteiger partial charge in [-0.15, -0.1) is 4.40 Å². The predicted molar refractivity (Wildman–Crippen MR) is 120 cm³/mol. The van der Waals surface area contributed by atoms with Crippen LogP contribution in [0.3, 0.4) is 0 Å². The molecule has 1 atom stereocenters. The first-order valence-corrected chi connectivity index (χ1v) is 12.0. The SMILES string of the molecule is CC[C@@H](C)c1ccccc1NC(=O)c1ccc2c(c1)S(=O)(=O)N=C1CCCCCN12. The summed E-state index contributed by atoms with van der Waals surface area (Å²) in [6.45, 7) is 4.97. The third kappa shape index (κ3) is 3.86. The van der Waals surface area contributed by atoms with Gasteiger partial charge in [-0.25, -0.2) is 0 Å². The van der Waals surface area contributed by atoms with Crippen molar-refractivity contribution in [2.45, 2.75) is 56.8 Å². The topological polar surface area (TPSA) is 78.8 Å². The molecule has 2 aliphatic rings. The Labute approximate surface area is 178 Å². The summed E-state index contributed by atoms with van der Waals surface area (Å²) in [5.74, 6) is 0.593. The zero-order chi connectivity index (χ0) is 21.3. The first-order valence-electron chi connectivity index (χ1n) is 10.6. The van der Waals surface area contributed by atoms with E-state index in [0.717, 1.165) is 43.5 Å². The van der Waals surface area contributed by atoms with Gasteiger partial charge in [0.1, 0.15) is 10.7 Å². The number of fused-ring (bicyclic) bond motifs is 3. The molecule has 2 aromatic rings. The van der Waals surface area contributed by atoms with E-state index in [2.05, 4.69) is 23.6 Å². The van der Waals surface area contributed by atoms with E-state index in [0.29, 0.717) is 29.4 Å². The molecule has 7 heteroatoms. The monoisotopic (exact) mass is 425 g/mol. The van der Waals surface area contributed by atoms with E-state index in [1.54, 1.807) is 12.1 Å². The van der Waals surface area contributed by atoms with Gasteiger partial charge in [0.25, 0.3) is 15.9 Å². The minimum Gasteiger partial charge on any atom is -0.328 e. The van der Waals surface area contributed by atoms with Crippen molar-refractivity contribution in [1.82, 2.24) is 0 Å². The first kappa shape index (κ1) is 20.6. The number of amides is 1. The Bertz CT molecular complexity index is 1110. The third-order valence-electron chi connectivity index (χ3n) is 5.96. The maximum absolute atomic E-state index is 13.0. The molecule has 1 fully saturated rings. The van der Waals surface area contributed by atoms with Crippen molar-refractivity contribution in [2.75, 3.05) is 16.8 Å². The van der Waals surface area contributed by atoms with Crippen molar-refractivity contribution in [3.8, 4) is 0 Å². The van der Waals surface area contributed by atoms with Gasteiger partial charge in [-0.3, -0.25) is 4.79 Å². The zero-order valence-corrected chi connectivity index (χ0v) is 18.2. The van der Waals surface area contributed by atoms with Crippen LogP contribution in [0.15, 0.2) is 51.8 Å². The summed E-state index contributed by atoms with van der Waals surface area (Å²) in [5, 5.41) is 2.96. The highest BCUT2D eigenvalue weighted by Gasteiger charge is 2.32. The Morgan fingerprint density at radius 1 is 1.17 bits per heavy atom. The molecule has 0 aromatic heterocycles. The molecule has 30 heavy (non-hydrogen) atoms.